The van der Waals surface area contributed by atoms with Crippen LogP contribution in [-0.2, 0) is 15.0 Å². The number of hydrogen-bond acceptors (Lipinski definition) is 4. The first-order valence-electron chi connectivity index (χ1n) is 12.6. The van der Waals surface area contributed by atoms with E-state index in [4.69, 9.17) is 11.6 Å². The largest absolute Gasteiger partial charge is 0.352 e. The highest BCUT2D eigenvalue weighted by atomic mass is 35.5. The van der Waals surface area contributed by atoms with Crippen LogP contribution in [0, 0.1) is 17.2 Å². The Morgan fingerprint density at radius 2 is 1.74 bits per heavy atom. The molecule has 6 rings (SSSR count). The van der Waals surface area contributed by atoms with Gasteiger partial charge in [-0.1, -0.05) is 62.7 Å². The van der Waals surface area contributed by atoms with E-state index in [0.717, 1.165) is 11.3 Å². The molecule has 0 unspecified atom stereocenters. The Balaban J connectivity index is 1.68. The lowest BCUT2D eigenvalue weighted by molar-refractivity contribution is -0.128. The molecule has 0 radical (unpaired) electrons. The number of rotatable bonds is 3. The van der Waals surface area contributed by atoms with Gasteiger partial charge in [-0.25, -0.2) is 4.39 Å². The van der Waals surface area contributed by atoms with Gasteiger partial charge < -0.3 is 10.2 Å². The number of fused-ring (bicyclic) bond motifs is 6. The number of ketones is 2. The molecule has 0 aromatic heterocycles. The number of para-hydroxylation sites is 1. The van der Waals surface area contributed by atoms with E-state index in [-0.39, 0.29) is 23.0 Å². The average molecular weight is 529 g/mol. The fourth-order valence-corrected chi connectivity index (χ4v) is 6.57. The zero-order chi connectivity index (χ0) is 27.0. The van der Waals surface area contributed by atoms with Gasteiger partial charge in [0, 0.05) is 27.4 Å². The van der Waals surface area contributed by atoms with Crippen molar-refractivity contribution in [1.29, 1.82) is 0 Å². The fraction of sp³-hybridized carbons (Fsp3) is 0.258. The molecule has 0 saturated carbocycles. The Hall–Kier alpha value is -3.77. The molecule has 7 heteroatoms. The van der Waals surface area contributed by atoms with Gasteiger partial charge in [0.2, 0.25) is 5.91 Å². The van der Waals surface area contributed by atoms with Gasteiger partial charge in [0.25, 0.3) is 0 Å². The number of benzene rings is 3. The van der Waals surface area contributed by atoms with Crippen molar-refractivity contribution < 1.29 is 18.8 Å². The van der Waals surface area contributed by atoms with Gasteiger partial charge >= 0.3 is 0 Å². The summed E-state index contributed by atoms with van der Waals surface area (Å²) in [6.07, 6.45) is 3.81. The SMILES string of the molecule is CC(C)(C)C(=O)[C@H]1[C@@H](C(=O)c2ccc(F)cc2)[C@]2(C(=O)Nc3ccccc32)[C@H]2C=Cc3cc(Cl)ccc3N12. The highest BCUT2D eigenvalue weighted by Gasteiger charge is 2.70. The second-order valence-electron chi connectivity index (χ2n) is 11.2. The van der Waals surface area contributed by atoms with E-state index in [1.807, 2.05) is 74.2 Å². The van der Waals surface area contributed by atoms with Crippen LogP contribution in [0.15, 0.2) is 72.8 Å². The fourth-order valence-electron chi connectivity index (χ4n) is 6.39. The molecule has 1 N–H and O–H groups in total. The lowest BCUT2D eigenvalue weighted by Crippen LogP contribution is -2.51. The standard InChI is InChI=1S/C31H26ClFN2O3/c1-30(2,3)28(37)26-25(27(36)17-8-12-20(33)13-9-17)31(21-6-4-5-7-22(21)34-29(31)38)24-15-10-18-16-19(32)11-14-23(18)35(24)26/h4-16,24-26H,1-3H3,(H,34,38)/t24-,25+,26-,31-/m1/s1. The molecule has 3 heterocycles. The molecule has 1 saturated heterocycles. The number of amides is 1. The number of nitrogens with one attached hydrogen (secondary N) is 1. The molecule has 1 amide bonds. The molecule has 0 bridgehead atoms. The van der Waals surface area contributed by atoms with E-state index in [1.54, 1.807) is 6.07 Å². The summed E-state index contributed by atoms with van der Waals surface area (Å²) in [5, 5.41) is 3.54. The maximum absolute atomic E-state index is 14.5. The minimum atomic E-state index is -1.39. The van der Waals surface area contributed by atoms with Crippen molar-refractivity contribution in [2.24, 2.45) is 11.3 Å². The van der Waals surface area contributed by atoms with E-state index in [9.17, 15) is 18.8 Å². The second kappa shape index (κ2) is 8.37. The molecular weight excluding hydrogens is 503 g/mol. The number of carbonyl (C=O) groups is 3. The third-order valence-corrected chi connectivity index (χ3v) is 8.25. The normalized spacial score (nSPS) is 25.1. The van der Waals surface area contributed by atoms with Gasteiger partial charge in [-0.2, -0.15) is 0 Å². The predicted molar refractivity (Wildman–Crippen MR) is 146 cm³/mol. The maximum atomic E-state index is 14.5. The number of hydrogen-bond donors (Lipinski definition) is 1. The first-order chi connectivity index (χ1) is 18.0. The molecule has 3 aliphatic heterocycles. The summed E-state index contributed by atoms with van der Waals surface area (Å²) in [5.41, 5.74) is 0.874. The first kappa shape index (κ1) is 24.6. The van der Waals surface area contributed by atoms with Gasteiger partial charge in [-0.05, 0) is 59.7 Å². The minimum Gasteiger partial charge on any atom is -0.352 e. The molecule has 1 fully saturated rings. The number of nitrogens with zero attached hydrogens (tertiary/aromatic N) is 1. The molecule has 5 nitrogen and oxygen atoms in total. The lowest BCUT2D eigenvalue weighted by Gasteiger charge is -2.38. The predicted octanol–water partition coefficient (Wildman–Crippen LogP) is 6.07. The van der Waals surface area contributed by atoms with Gasteiger partial charge in [0.05, 0.1) is 12.0 Å². The van der Waals surface area contributed by atoms with Crippen LogP contribution in [0.4, 0.5) is 15.8 Å². The maximum Gasteiger partial charge on any atom is 0.238 e. The van der Waals surface area contributed by atoms with Crippen LogP contribution in [0.25, 0.3) is 6.08 Å². The van der Waals surface area contributed by atoms with E-state index in [2.05, 4.69) is 5.32 Å². The van der Waals surface area contributed by atoms with Crippen LogP contribution in [0.3, 0.4) is 0 Å². The van der Waals surface area contributed by atoms with Crippen LogP contribution >= 0.6 is 11.6 Å². The summed E-state index contributed by atoms with van der Waals surface area (Å²) in [4.78, 5) is 44.9. The molecular formula is C31H26ClFN2O3. The molecule has 3 aromatic rings. The molecule has 4 atom stereocenters. The topological polar surface area (TPSA) is 66.5 Å². The summed E-state index contributed by atoms with van der Waals surface area (Å²) < 4.78 is 13.8. The summed E-state index contributed by atoms with van der Waals surface area (Å²) in [6.45, 7) is 5.46. The van der Waals surface area contributed by atoms with Crippen LogP contribution < -0.4 is 10.2 Å². The monoisotopic (exact) mass is 528 g/mol. The minimum absolute atomic E-state index is 0.159. The quantitative estimate of drug-likeness (QED) is 0.419. The van der Waals surface area contributed by atoms with Gasteiger partial charge in [-0.3, -0.25) is 14.4 Å². The third-order valence-electron chi connectivity index (χ3n) is 8.01. The Morgan fingerprint density at radius 3 is 2.45 bits per heavy atom. The zero-order valence-corrected chi connectivity index (χ0v) is 21.9. The Labute approximate surface area is 225 Å². The number of carbonyl (C=O) groups excluding carboxylic acids is 3. The van der Waals surface area contributed by atoms with Crippen molar-refractivity contribution in [3.63, 3.8) is 0 Å². The van der Waals surface area contributed by atoms with Crippen molar-refractivity contribution in [3.05, 3.63) is 100 Å². The second-order valence-corrected chi connectivity index (χ2v) is 11.6. The highest BCUT2D eigenvalue weighted by Crippen LogP contribution is 2.58. The first-order valence-corrected chi connectivity index (χ1v) is 12.9. The Kier molecular flexibility index (Phi) is 5.41. The third kappa shape index (κ3) is 3.33. The van der Waals surface area contributed by atoms with Crippen LogP contribution in [-0.4, -0.2) is 29.6 Å². The summed E-state index contributed by atoms with van der Waals surface area (Å²) >= 11 is 6.31. The van der Waals surface area contributed by atoms with E-state index >= 15 is 0 Å². The Morgan fingerprint density at radius 1 is 1.03 bits per heavy atom. The van der Waals surface area contributed by atoms with Crippen LogP contribution in [0.5, 0.6) is 0 Å². The molecule has 3 aliphatic rings. The summed E-state index contributed by atoms with van der Waals surface area (Å²) in [5.74, 6) is -2.41. The number of anilines is 2. The van der Waals surface area contributed by atoms with Crippen molar-refractivity contribution in [3.8, 4) is 0 Å². The molecule has 1 spiro atoms. The van der Waals surface area contributed by atoms with E-state index in [0.29, 0.717) is 16.3 Å². The number of halogens is 2. The molecule has 38 heavy (non-hydrogen) atoms. The molecule has 0 aliphatic carbocycles. The van der Waals surface area contributed by atoms with Crippen LogP contribution in [0.2, 0.25) is 5.02 Å². The van der Waals surface area contributed by atoms with Crippen molar-refractivity contribution in [2.75, 3.05) is 10.2 Å². The van der Waals surface area contributed by atoms with Crippen molar-refractivity contribution in [2.45, 2.75) is 38.3 Å². The van der Waals surface area contributed by atoms with Crippen molar-refractivity contribution in [1.82, 2.24) is 0 Å². The van der Waals surface area contributed by atoms with Gasteiger partial charge in [0.15, 0.2) is 11.6 Å². The smallest absolute Gasteiger partial charge is 0.238 e. The number of Topliss-reactive ketones (excluding diaryl/α,β-unsaturated/α-hetero) is 2. The van der Waals surface area contributed by atoms with Gasteiger partial charge in [0.1, 0.15) is 17.3 Å². The summed E-state index contributed by atoms with van der Waals surface area (Å²) in [7, 11) is 0. The summed E-state index contributed by atoms with van der Waals surface area (Å²) in [6, 6.07) is 16.4. The van der Waals surface area contributed by atoms with E-state index < -0.39 is 34.6 Å². The van der Waals surface area contributed by atoms with Crippen molar-refractivity contribution >= 4 is 46.5 Å². The van der Waals surface area contributed by atoms with E-state index in [1.165, 1.54) is 24.3 Å². The average Bonchev–Trinajstić information content (AvgIpc) is 3.35. The molecule has 3 aromatic carbocycles. The highest BCUT2D eigenvalue weighted by molar-refractivity contribution is 6.31. The van der Waals surface area contributed by atoms with Gasteiger partial charge in [-0.15, -0.1) is 0 Å². The molecule has 192 valence electrons. The lowest BCUT2D eigenvalue weighted by atomic mass is 9.63. The van der Waals surface area contributed by atoms with Crippen LogP contribution in [0.1, 0.15) is 42.3 Å². The Bertz CT molecular complexity index is 1540. The zero-order valence-electron chi connectivity index (χ0n) is 21.2.